The molecule has 2 rings (SSSR count). The molecule has 0 aliphatic rings. The molecule has 0 radical (unpaired) electrons. The molecule has 2 aromatic carbocycles. The van der Waals surface area contributed by atoms with E-state index in [1.54, 1.807) is 42.5 Å². The highest BCUT2D eigenvalue weighted by molar-refractivity contribution is 5.40. The zero-order chi connectivity index (χ0) is 14.4. The van der Waals surface area contributed by atoms with Gasteiger partial charge in [-0.1, -0.05) is 24.3 Å². The van der Waals surface area contributed by atoms with Crippen molar-refractivity contribution in [2.45, 2.75) is 6.42 Å². The van der Waals surface area contributed by atoms with Gasteiger partial charge in [0.2, 0.25) is 0 Å². The summed E-state index contributed by atoms with van der Waals surface area (Å²) in [6, 6.07) is 15.4. The van der Waals surface area contributed by atoms with E-state index in [1.807, 2.05) is 6.07 Å². The van der Waals surface area contributed by atoms with Crippen molar-refractivity contribution in [2.75, 3.05) is 6.61 Å². The molecule has 2 aromatic rings. The monoisotopic (exact) mass is 268 g/mol. The number of nitriles is 1. The van der Waals surface area contributed by atoms with Crippen LogP contribution >= 0.6 is 0 Å². The predicted octanol–water partition coefficient (Wildman–Crippen LogP) is 3.09. The molecule has 0 aromatic heterocycles. The van der Waals surface area contributed by atoms with E-state index in [4.69, 9.17) is 10.00 Å². The number of nitro groups is 1. The average molecular weight is 268 g/mol. The Labute approximate surface area is 116 Å². The Balaban J connectivity index is 2.00. The fraction of sp³-hybridized carbons (Fsp3) is 0.133. The number of para-hydroxylation sites is 1. The molecular formula is C15H12N2O3. The van der Waals surface area contributed by atoms with Crippen molar-refractivity contribution in [1.82, 2.24) is 0 Å². The van der Waals surface area contributed by atoms with Crippen molar-refractivity contribution in [3.05, 3.63) is 69.8 Å². The van der Waals surface area contributed by atoms with E-state index in [9.17, 15) is 10.1 Å². The van der Waals surface area contributed by atoms with Crippen LogP contribution in [-0.4, -0.2) is 11.5 Å². The maximum atomic E-state index is 10.9. The van der Waals surface area contributed by atoms with Crippen LogP contribution in [0.25, 0.3) is 0 Å². The number of nitrogens with zero attached hydrogens (tertiary/aromatic N) is 2. The SMILES string of the molecule is N#Cc1cccc(OCCc2ccccc2[N+](=O)[O-])c1. The van der Waals surface area contributed by atoms with Gasteiger partial charge in [0.1, 0.15) is 5.75 Å². The Kier molecular flexibility index (Phi) is 4.30. The van der Waals surface area contributed by atoms with E-state index >= 15 is 0 Å². The van der Waals surface area contributed by atoms with E-state index in [0.717, 1.165) is 0 Å². The van der Waals surface area contributed by atoms with Gasteiger partial charge in [-0.15, -0.1) is 0 Å². The molecule has 0 saturated carbocycles. The highest BCUT2D eigenvalue weighted by atomic mass is 16.6. The summed E-state index contributed by atoms with van der Waals surface area (Å²) in [5, 5.41) is 19.6. The lowest BCUT2D eigenvalue weighted by atomic mass is 10.1. The number of hydrogen-bond acceptors (Lipinski definition) is 4. The fourth-order valence-electron chi connectivity index (χ4n) is 1.83. The van der Waals surface area contributed by atoms with Crippen LogP contribution in [0.1, 0.15) is 11.1 Å². The van der Waals surface area contributed by atoms with Gasteiger partial charge in [-0.2, -0.15) is 5.26 Å². The Morgan fingerprint density at radius 2 is 2.00 bits per heavy atom. The molecule has 20 heavy (non-hydrogen) atoms. The lowest BCUT2D eigenvalue weighted by molar-refractivity contribution is -0.385. The molecule has 100 valence electrons. The van der Waals surface area contributed by atoms with E-state index in [0.29, 0.717) is 29.9 Å². The first-order valence-corrected chi connectivity index (χ1v) is 6.06. The first-order chi connectivity index (χ1) is 9.70. The van der Waals surface area contributed by atoms with Gasteiger partial charge in [-0.25, -0.2) is 0 Å². The summed E-state index contributed by atoms with van der Waals surface area (Å²) in [5.74, 6) is 0.586. The molecule has 0 heterocycles. The molecule has 5 nitrogen and oxygen atoms in total. The van der Waals surface area contributed by atoms with Gasteiger partial charge in [0.15, 0.2) is 0 Å². The standard InChI is InChI=1S/C15H12N2O3/c16-11-12-4-3-6-14(10-12)20-9-8-13-5-1-2-7-15(13)17(18)19/h1-7,10H,8-9H2. The second-order valence-corrected chi connectivity index (χ2v) is 4.12. The third-order valence-electron chi connectivity index (χ3n) is 2.79. The van der Waals surface area contributed by atoms with Crippen molar-refractivity contribution < 1.29 is 9.66 Å². The number of hydrogen-bond donors (Lipinski definition) is 0. The van der Waals surface area contributed by atoms with Gasteiger partial charge in [0, 0.05) is 18.1 Å². The van der Waals surface area contributed by atoms with Crippen LogP contribution in [0.15, 0.2) is 48.5 Å². The maximum absolute atomic E-state index is 10.9. The summed E-state index contributed by atoms with van der Waals surface area (Å²) < 4.78 is 5.51. The topological polar surface area (TPSA) is 76.2 Å². The first kappa shape index (κ1) is 13.6. The first-order valence-electron chi connectivity index (χ1n) is 6.06. The third kappa shape index (κ3) is 3.33. The van der Waals surface area contributed by atoms with E-state index in [1.165, 1.54) is 6.07 Å². The highest BCUT2D eigenvalue weighted by Gasteiger charge is 2.11. The van der Waals surface area contributed by atoms with Gasteiger partial charge in [0.25, 0.3) is 5.69 Å². The lowest BCUT2D eigenvalue weighted by Gasteiger charge is -2.06. The van der Waals surface area contributed by atoms with Crippen LogP contribution < -0.4 is 4.74 Å². The maximum Gasteiger partial charge on any atom is 0.272 e. The molecule has 0 amide bonds. The minimum Gasteiger partial charge on any atom is -0.493 e. The quantitative estimate of drug-likeness (QED) is 0.616. The van der Waals surface area contributed by atoms with E-state index in [2.05, 4.69) is 0 Å². The molecular weight excluding hydrogens is 256 g/mol. The Morgan fingerprint density at radius 3 is 2.75 bits per heavy atom. The molecule has 0 saturated heterocycles. The van der Waals surface area contributed by atoms with Crippen molar-refractivity contribution in [3.63, 3.8) is 0 Å². The average Bonchev–Trinajstić information content (AvgIpc) is 2.48. The Bertz CT molecular complexity index is 662. The summed E-state index contributed by atoms with van der Waals surface area (Å²) in [6.07, 6.45) is 0.438. The molecule has 0 spiro atoms. The summed E-state index contributed by atoms with van der Waals surface area (Å²) in [5.41, 5.74) is 1.25. The van der Waals surface area contributed by atoms with Crippen LogP contribution in [0.4, 0.5) is 5.69 Å². The van der Waals surface area contributed by atoms with Crippen molar-refractivity contribution in [2.24, 2.45) is 0 Å². The summed E-state index contributed by atoms with van der Waals surface area (Å²) in [4.78, 5) is 10.5. The number of ether oxygens (including phenoxy) is 1. The van der Waals surface area contributed by atoms with Crippen molar-refractivity contribution in [1.29, 1.82) is 5.26 Å². The fourth-order valence-corrected chi connectivity index (χ4v) is 1.83. The summed E-state index contributed by atoms with van der Waals surface area (Å²) in [7, 11) is 0. The summed E-state index contributed by atoms with van der Waals surface area (Å²) >= 11 is 0. The van der Waals surface area contributed by atoms with Crippen LogP contribution in [0.3, 0.4) is 0 Å². The Hall–Kier alpha value is -2.87. The largest absolute Gasteiger partial charge is 0.493 e. The molecule has 0 N–H and O–H groups in total. The molecule has 5 heteroatoms. The minimum absolute atomic E-state index is 0.0990. The normalized spacial score (nSPS) is 9.75. The van der Waals surface area contributed by atoms with Gasteiger partial charge in [0.05, 0.1) is 23.2 Å². The van der Waals surface area contributed by atoms with Gasteiger partial charge >= 0.3 is 0 Å². The van der Waals surface area contributed by atoms with Crippen LogP contribution in [0.5, 0.6) is 5.75 Å². The zero-order valence-corrected chi connectivity index (χ0v) is 10.7. The van der Waals surface area contributed by atoms with Crippen LogP contribution in [-0.2, 0) is 6.42 Å². The van der Waals surface area contributed by atoms with E-state index < -0.39 is 4.92 Å². The van der Waals surface area contributed by atoms with Gasteiger partial charge in [-0.3, -0.25) is 10.1 Å². The molecule has 0 bridgehead atoms. The molecule has 0 fully saturated rings. The second-order valence-electron chi connectivity index (χ2n) is 4.12. The second kappa shape index (κ2) is 6.34. The zero-order valence-electron chi connectivity index (χ0n) is 10.7. The number of nitro benzene ring substituents is 1. The molecule has 0 unspecified atom stereocenters. The summed E-state index contributed by atoms with van der Waals surface area (Å²) in [6.45, 7) is 0.319. The van der Waals surface area contributed by atoms with Crippen molar-refractivity contribution >= 4 is 5.69 Å². The molecule has 0 aliphatic carbocycles. The molecule has 0 atom stereocenters. The van der Waals surface area contributed by atoms with Crippen LogP contribution in [0.2, 0.25) is 0 Å². The minimum atomic E-state index is -0.397. The van der Waals surface area contributed by atoms with Gasteiger partial charge in [-0.05, 0) is 18.2 Å². The van der Waals surface area contributed by atoms with Gasteiger partial charge < -0.3 is 4.74 Å². The van der Waals surface area contributed by atoms with Crippen molar-refractivity contribution in [3.8, 4) is 11.8 Å². The van der Waals surface area contributed by atoms with E-state index in [-0.39, 0.29) is 5.69 Å². The number of rotatable bonds is 5. The smallest absolute Gasteiger partial charge is 0.272 e. The Morgan fingerprint density at radius 1 is 1.20 bits per heavy atom. The predicted molar refractivity (Wildman–Crippen MR) is 73.5 cm³/mol. The van der Waals surface area contributed by atoms with Crippen LogP contribution in [0, 0.1) is 21.4 Å². The lowest BCUT2D eigenvalue weighted by Crippen LogP contribution is -2.04. The highest BCUT2D eigenvalue weighted by Crippen LogP contribution is 2.19. The molecule has 0 aliphatic heterocycles. The third-order valence-corrected chi connectivity index (χ3v) is 2.79. The number of benzene rings is 2.